The highest BCUT2D eigenvalue weighted by Crippen LogP contribution is 1.92. The van der Waals surface area contributed by atoms with Crippen LogP contribution in [-0.4, -0.2) is 18.5 Å². The van der Waals surface area contributed by atoms with E-state index in [0.717, 1.165) is 0 Å². The number of rotatable bonds is 5. The van der Waals surface area contributed by atoms with E-state index in [2.05, 4.69) is 0 Å². The lowest BCUT2D eigenvalue weighted by atomic mass is 10.3. The van der Waals surface area contributed by atoms with Gasteiger partial charge in [0.1, 0.15) is 6.29 Å². The van der Waals surface area contributed by atoms with Crippen LogP contribution in [0.5, 0.6) is 0 Å². The fraction of sp³-hybridized carbons (Fsp3) is 0.714. The number of halogens is 1. The second kappa shape index (κ2) is 5.82. The van der Waals surface area contributed by atoms with Crippen LogP contribution in [0.15, 0.2) is 0 Å². The van der Waals surface area contributed by atoms with Crippen molar-refractivity contribution in [3.8, 4) is 0 Å². The van der Waals surface area contributed by atoms with Crippen molar-refractivity contribution in [2.24, 2.45) is 0 Å². The van der Waals surface area contributed by atoms with Crippen molar-refractivity contribution in [1.82, 2.24) is 5.32 Å². The Labute approximate surface area is 65.0 Å². The normalized spacial score (nSPS) is 12.2. The minimum absolute atomic E-state index is 0.268. The van der Waals surface area contributed by atoms with Gasteiger partial charge in [-0.3, -0.25) is 4.79 Å². The zero-order valence-electron chi connectivity index (χ0n) is 6.47. The molecule has 0 aliphatic rings. The van der Waals surface area contributed by atoms with E-state index >= 15 is 0 Å². The van der Waals surface area contributed by atoms with Gasteiger partial charge < -0.3 is 10.1 Å². The Morgan fingerprint density at radius 3 is 2.82 bits per heavy atom. The van der Waals surface area contributed by atoms with E-state index in [0.29, 0.717) is 19.1 Å². The summed E-state index contributed by atoms with van der Waals surface area (Å²) < 4.78 is 12.4. The molecule has 0 saturated heterocycles. The molecule has 0 spiro atoms. The number of carbonyl (C=O) groups excluding carboxylic acids is 2. The summed E-state index contributed by atoms with van der Waals surface area (Å²) in [7, 11) is 0. The van der Waals surface area contributed by atoms with Crippen LogP contribution in [0.4, 0.5) is 4.39 Å². The van der Waals surface area contributed by atoms with E-state index in [9.17, 15) is 14.0 Å². The first kappa shape index (κ1) is 10.1. The first-order valence-electron chi connectivity index (χ1n) is 3.57. The highest BCUT2D eigenvalue weighted by Gasteiger charge is 2.07. The topological polar surface area (TPSA) is 46.2 Å². The summed E-state index contributed by atoms with van der Waals surface area (Å²) in [4.78, 5) is 20.4. The van der Waals surface area contributed by atoms with E-state index in [1.807, 2.05) is 12.2 Å². The number of alkyl halides is 1. The molecule has 0 fully saturated rings. The predicted octanol–water partition coefficient (Wildman–Crippen LogP) is 0.787. The molecule has 64 valence electrons. The Balaban J connectivity index is 3.48. The Bertz CT molecular complexity index is 138. The Hall–Kier alpha value is -0.930. The largest absolute Gasteiger partial charge is 0.326 e. The maximum atomic E-state index is 12.4. The standard InChI is InChI=1S/C7H12FNO2/c1-2-3-7(11)9-6(8)4-5-10/h5-6H,2-4H2,1H3,(H,9,11). The summed E-state index contributed by atoms with van der Waals surface area (Å²) in [5, 5.41) is 2.04. The molecule has 1 unspecified atom stereocenters. The summed E-state index contributed by atoms with van der Waals surface area (Å²) in [6.45, 7) is 1.83. The van der Waals surface area contributed by atoms with Gasteiger partial charge in [0, 0.05) is 6.42 Å². The molecule has 0 aliphatic heterocycles. The van der Waals surface area contributed by atoms with Crippen molar-refractivity contribution in [3.05, 3.63) is 0 Å². The molecule has 0 heterocycles. The molecule has 0 radical (unpaired) electrons. The van der Waals surface area contributed by atoms with Gasteiger partial charge >= 0.3 is 0 Å². The van der Waals surface area contributed by atoms with Crippen LogP contribution >= 0.6 is 0 Å². The SMILES string of the molecule is CCCC(=O)NC(F)CC=O. The quantitative estimate of drug-likeness (QED) is 0.478. The molecule has 0 aromatic rings. The molecule has 0 saturated carbocycles. The Morgan fingerprint density at radius 1 is 1.73 bits per heavy atom. The monoisotopic (exact) mass is 161 g/mol. The summed E-state index contributed by atoms with van der Waals surface area (Å²) in [5.41, 5.74) is 0. The predicted molar refractivity (Wildman–Crippen MR) is 38.6 cm³/mol. The second-order valence-corrected chi connectivity index (χ2v) is 2.19. The van der Waals surface area contributed by atoms with Crippen LogP contribution in [0.2, 0.25) is 0 Å². The van der Waals surface area contributed by atoms with E-state index in [-0.39, 0.29) is 12.3 Å². The third-order valence-electron chi connectivity index (χ3n) is 1.10. The summed E-state index contributed by atoms with van der Waals surface area (Å²) in [6, 6.07) is 0. The van der Waals surface area contributed by atoms with Crippen LogP contribution in [0, 0.1) is 0 Å². The number of carbonyl (C=O) groups is 2. The maximum Gasteiger partial charge on any atom is 0.222 e. The zero-order chi connectivity index (χ0) is 8.69. The maximum absolute atomic E-state index is 12.4. The third-order valence-corrected chi connectivity index (χ3v) is 1.10. The molecule has 1 amide bonds. The smallest absolute Gasteiger partial charge is 0.222 e. The lowest BCUT2D eigenvalue weighted by molar-refractivity contribution is -0.123. The van der Waals surface area contributed by atoms with Crippen molar-refractivity contribution in [2.45, 2.75) is 32.5 Å². The van der Waals surface area contributed by atoms with Gasteiger partial charge in [0.05, 0.1) is 6.42 Å². The number of nitrogens with one attached hydrogen (secondary N) is 1. The number of hydrogen-bond acceptors (Lipinski definition) is 2. The average Bonchev–Trinajstić information content (AvgIpc) is 1.87. The highest BCUT2D eigenvalue weighted by atomic mass is 19.1. The molecule has 0 rings (SSSR count). The van der Waals surface area contributed by atoms with Gasteiger partial charge in [-0.1, -0.05) is 6.92 Å². The molecule has 1 atom stereocenters. The summed E-state index contributed by atoms with van der Waals surface area (Å²) in [6.07, 6.45) is -0.364. The fourth-order valence-electron chi connectivity index (χ4n) is 0.617. The van der Waals surface area contributed by atoms with Gasteiger partial charge in [-0.25, -0.2) is 4.39 Å². The van der Waals surface area contributed by atoms with Crippen molar-refractivity contribution in [3.63, 3.8) is 0 Å². The summed E-state index contributed by atoms with van der Waals surface area (Å²) >= 11 is 0. The third kappa shape index (κ3) is 5.51. The van der Waals surface area contributed by atoms with E-state index in [1.54, 1.807) is 0 Å². The van der Waals surface area contributed by atoms with Crippen molar-refractivity contribution in [2.75, 3.05) is 0 Å². The van der Waals surface area contributed by atoms with Gasteiger partial charge in [0.25, 0.3) is 0 Å². The first-order valence-corrected chi connectivity index (χ1v) is 3.57. The molecule has 0 bridgehead atoms. The second-order valence-electron chi connectivity index (χ2n) is 2.19. The molecule has 0 aromatic carbocycles. The number of aldehydes is 1. The molecule has 11 heavy (non-hydrogen) atoms. The van der Waals surface area contributed by atoms with Crippen molar-refractivity contribution in [1.29, 1.82) is 0 Å². The number of hydrogen-bond donors (Lipinski definition) is 1. The van der Waals surface area contributed by atoms with Crippen molar-refractivity contribution < 1.29 is 14.0 Å². The lowest BCUT2D eigenvalue weighted by Crippen LogP contribution is -2.31. The van der Waals surface area contributed by atoms with Gasteiger partial charge in [-0.05, 0) is 6.42 Å². The average molecular weight is 161 g/mol. The minimum atomic E-state index is -1.52. The van der Waals surface area contributed by atoms with Crippen molar-refractivity contribution >= 4 is 12.2 Å². The zero-order valence-corrected chi connectivity index (χ0v) is 6.47. The van der Waals surface area contributed by atoms with E-state index < -0.39 is 6.30 Å². The highest BCUT2D eigenvalue weighted by molar-refractivity contribution is 5.76. The van der Waals surface area contributed by atoms with E-state index in [1.165, 1.54) is 0 Å². The Kier molecular flexibility index (Phi) is 5.33. The van der Waals surface area contributed by atoms with Gasteiger partial charge in [-0.15, -0.1) is 0 Å². The first-order chi connectivity index (χ1) is 5.20. The number of amides is 1. The van der Waals surface area contributed by atoms with Crippen LogP contribution in [0.3, 0.4) is 0 Å². The molecular formula is C7H12FNO2. The minimum Gasteiger partial charge on any atom is -0.326 e. The molecular weight excluding hydrogens is 149 g/mol. The fourth-order valence-corrected chi connectivity index (χ4v) is 0.617. The molecule has 1 N–H and O–H groups in total. The molecule has 3 nitrogen and oxygen atoms in total. The van der Waals surface area contributed by atoms with E-state index in [4.69, 9.17) is 0 Å². The molecule has 4 heteroatoms. The summed E-state index contributed by atoms with van der Waals surface area (Å²) in [5.74, 6) is -0.346. The van der Waals surface area contributed by atoms with Crippen LogP contribution in [0.25, 0.3) is 0 Å². The van der Waals surface area contributed by atoms with Crippen LogP contribution in [-0.2, 0) is 9.59 Å². The lowest BCUT2D eigenvalue weighted by Gasteiger charge is -2.05. The van der Waals surface area contributed by atoms with Gasteiger partial charge in [0.2, 0.25) is 5.91 Å². The van der Waals surface area contributed by atoms with Crippen LogP contribution < -0.4 is 5.32 Å². The van der Waals surface area contributed by atoms with Gasteiger partial charge in [0.15, 0.2) is 6.30 Å². The van der Waals surface area contributed by atoms with Gasteiger partial charge in [-0.2, -0.15) is 0 Å². The van der Waals surface area contributed by atoms with Crippen LogP contribution in [0.1, 0.15) is 26.2 Å². The Morgan fingerprint density at radius 2 is 2.36 bits per heavy atom. The molecule has 0 aliphatic carbocycles. The molecule has 0 aromatic heterocycles.